The van der Waals surface area contributed by atoms with Gasteiger partial charge >= 0.3 is 0 Å². The predicted molar refractivity (Wildman–Crippen MR) is 113 cm³/mol. The fourth-order valence-electron chi connectivity index (χ4n) is 2.98. The quantitative estimate of drug-likeness (QED) is 0.546. The van der Waals surface area contributed by atoms with E-state index in [-0.39, 0.29) is 5.91 Å². The average Bonchev–Trinajstić information content (AvgIpc) is 2.74. The number of unbranched alkanes of at least 4 members (excludes halogenated alkanes) is 1. The largest absolute Gasteiger partial charge is 0.494 e. The van der Waals surface area contributed by atoms with Crippen LogP contribution in [-0.2, 0) is 11.2 Å². The van der Waals surface area contributed by atoms with Crippen molar-refractivity contribution < 1.29 is 23.7 Å². The predicted octanol–water partition coefficient (Wildman–Crippen LogP) is 3.93. The van der Waals surface area contributed by atoms with E-state index < -0.39 is 0 Å². The third-order valence-electron chi connectivity index (χ3n) is 4.59. The molecule has 2 aromatic rings. The molecule has 0 bridgehead atoms. The molecule has 0 aliphatic heterocycles. The van der Waals surface area contributed by atoms with Gasteiger partial charge in [-0.05, 0) is 49.9 Å². The smallest absolute Gasteiger partial charge is 0.220 e. The van der Waals surface area contributed by atoms with Gasteiger partial charge in [0, 0.05) is 13.0 Å². The maximum atomic E-state index is 12.1. The summed E-state index contributed by atoms with van der Waals surface area (Å²) in [5.41, 5.74) is 2.12. The van der Waals surface area contributed by atoms with Gasteiger partial charge in [0.05, 0.1) is 27.9 Å². The van der Waals surface area contributed by atoms with Crippen LogP contribution in [0.4, 0.5) is 0 Å². The molecule has 2 rings (SSSR count). The average molecular weight is 402 g/mol. The fourth-order valence-corrected chi connectivity index (χ4v) is 2.98. The first-order valence-corrected chi connectivity index (χ1v) is 9.83. The molecule has 0 aromatic heterocycles. The van der Waals surface area contributed by atoms with Crippen LogP contribution in [0.1, 0.15) is 30.4 Å². The van der Waals surface area contributed by atoms with Crippen LogP contribution in [-0.4, -0.2) is 40.4 Å². The molecule has 0 aliphatic carbocycles. The van der Waals surface area contributed by atoms with Crippen molar-refractivity contribution in [2.24, 2.45) is 0 Å². The van der Waals surface area contributed by atoms with Gasteiger partial charge in [-0.2, -0.15) is 0 Å². The standard InChI is InChI=1S/C23H31NO5/c1-17-7-11-19(12-8-17)29-16-6-5-15-24-21(25)14-10-18-9-13-20(26-2)23(28-4)22(18)27-3/h7-9,11-13H,5-6,10,14-16H2,1-4H3,(H,24,25). The van der Waals surface area contributed by atoms with Gasteiger partial charge < -0.3 is 24.3 Å². The zero-order valence-electron chi connectivity index (χ0n) is 17.7. The van der Waals surface area contributed by atoms with Crippen molar-refractivity contribution in [3.8, 4) is 23.0 Å². The summed E-state index contributed by atoms with van der Waals surface area (Å²) >= 11 is 0. The first-order chi connectivity index (χ1) is 14.1. The van der Waals surface area contributed by atoms with Crippen molar-refractivity contribution in [1.29, 1.82) is 0 Å². The first kappa shape index (κ1) is 22.4. The number of rotatable bonds is 12. The van der Waals surface area contributed by atoms with Crippen LogP contribution >= 0.6 is 0 Å². The number of hydrogen-bond acceptors (Lipinski definition) is 5. The van der Waals surface area contributed by atoms with Crippen molar-refractivity contribution in [2.75, 3.05) is 34.5 Å². The van der Waals surface area contributed by atoms with Gasteiger partial charge in [0.25, 0.3) is 0 Å². The van der Waals surface area contributed by atoms with E-state index in [2.05, 4.69) is 5.32 Å². The summed E-state index contributed by atoms with van der Waals surface area (Å²) in [4.78, 5) is 12.1. The van der Waals surface area contributed by atoms with E-state index in [0.717, 1.165) is 24.2 Å². The Morgan fingerprint density at radius 3 is 2.28 bits per heavy atom. The van der Waals surface area contributed by atoms with Gasteiger partial charge in [0.15, 0.2) is 11.5 Å². The van der Waals surface area contributed by atoms with E-state index in [9.17, 15) is 4.79 Å². The Labute approximate surface area is 173 Å². The molecule has 2 aromatic carbocycles. The van der Waals surface area contributed by atoms with Crippen molar-refractivity contribution in [3.63, 3.8) is 0 Å². The second-order valence-electron chi connectivity index (χ2n) is 6.71. The molecule has 0 unspecified atom stereocenters. The number of carbonyl (C=O) groups is 1. The minimum atomic E-state index is 0.0151. The van der Waals surface area contributed by atoms with Gasteiger partial charge in [0.1, 0.15) is 5.75 Å². The summed E-state index contributed by atoms with van der Waals surface area (Å²) in [6, 6.07) is 11.7. The minimum absolute atomic E-state index is 0.0151. The molecule has 6 heteroatoms. The summed E-state index contributed by atoms with van der Waals surface area (Å²) < 4.78 is 21.8. The lowest BCUT2D eigenvalue weighted by Gasteiger charge is -2.15. The van der Waals surface area contributed by atoms with Gasteiger partial charge in [-0.25, -0.2) is 0 Å². The van der Waals surface area contributed by atoms with Crippen molar-refractivity contribution in [2.45, 2.75) is 32.6 Å². The molecule has 0 aliphatic rings. The Balaban J connectivity index is 1.69. The molecule has 1 amide bonds. The Bertz CT molecular complexity index is 774. The van der Waals surface area contributed by atoms with Crippen LogP contribution in [0.2, 0.25) is 0 Å². The van der Waals surface area contributed by atoms with Crippen LogP contribution in [0.5, 0.6) is 23.0 Å². The molecule has 0 radical (unpaired) electrons. The molecule has 0 fully saturated rings. The molecule has 1 N–H and O–H groups in total. The van der Waals surface area contributed by atoms with Gasteiger partial charge in [-0.1, -0.05) is 23.8 Å². The fraction of sp³-hybridized carbons (Fsp3) is 0.435. The van der Waals surface area contributed by atoms with E-state index >= 15 is 0 Å². The highest BCUT2D eigenvalue weighted by Crippen LogP contribution is 2.40. The highest BCUT2D eigenvalue weighted by Gasteiger charge is 2.16. The van der Waals surface area contributed by atoms with Crippen molar-refractivity contribution >= 4 is 5.91 Å². The molecule has 0 heterocycles. The number of aryl methyl sites for hydroxylation is 2. The van der Waals surface area contributed by atoms with Crippen LogP contribution in [0, 0.1) is 6.92 Å². The van der Waals surface area contributed by atoms with E-state index in [4.69, 9.17) is 18.9 Å². The summed E-state index contributed by atoms with van der Waals surface area (Å²) in [5.74, 6) is 2.64. The maximum Gasteiger partial charge on any atom is 0.220 e. The van der Waals surface area contributed by atoms with Crippen molar-refractivity contribution in [1.82, 2.24) is 5.32 Å². The Kier molecular flexibility index (Phi) is 9.15. The molecule has 6 nitrogen and oxygen atoms in total. The molecule has 0 spiro atoms. The molecule has 0 saturated carbocycles. The first-order valence-electron chi connectivity index (χ1n) is 9.83. The minimum Gasteiger partial charge on any atom is -0.494 e. The summed E-state index contributed by atoms with van der Waals surface area (Å²) in [5, 5.41) is 2.96. The molecule has 0 saturated heterocycles. The summed E-state index contributed by atoms with van der Waals surface area (Å²) in [6.45, 7) is 3.33. The number of hydrogen-bond donors (Lipinski definition) is 1. The lowest BCUT2D eigenvalue weighted by atomic mass is 10.1. The lowest BCUT2D eigenvalue weighted by molar-refractivity contribution is -0.121. The van der Waals surface area contributed by atoms with Gasteiger partial charge in [-0.15, -0.1) is 0 Å². The maximum absolute atomic E-state index is 12.1. The SMILES string of the molecule is COc1ccc(CCC(=O)NCCCCOc2ccc(C)cc2)c(OC)c1OC. The highest BCUT2D eigenvalue weighted by atomic mass is 16.5. The Morgan fingerprint density at radius 1 is 0.897 bits per heavy atom. The number of carbonyl (C=O) groups excluding carboxylic acids is 1. The second kappa shape index (κ2) is 11.8. The second-order valence-corrected chi connectivity index (χ2v) is 6.71. The third-order valence-corrected chi connectivity index (χ3v) is 4.59. The van der Waals surface area contributed by atoms with Gasteiger partial charge in [0.2, 0.25) is 11.7 Å². The molecular formula is C23H31NO5. The van der Waals surface area contributed by atoms with E-state index in [1.807, 2.05) is 43.3 Å². The monoisotopic (exact) mass is 401 g/mol. The Morgan fingerprint density at radius 2 is 1.62 bits per heavy atom. The summed E-state index contributed by atoms with van der Waals surface area (Å²) in [6.07, 6.45) is 2.70. The normalized spacial score (nSPS) is 10.3. The number of methoxy groups -OCH3 is 3. The van der Waals surface area contributed by atoms with E-state index in [1.165, 1.54) is 5.56 Å². The van der Waals surface area contributed by atoms with E-state index in [0.29, 0.717) is 43.2 Å². The van der Waals surface area contributed by atoms with Crippen LogP contribution in [0.15, 0.2) is 36.4 Å². The van der Waals surface area contributed by atoms with E-state index in [1.54, 1.807) is 21.3 Å². The zero-order valence-corrected chi connectivity index (χ0v) is 17.7. The molecule has 158 valence electrons. The van der Waals surface area contributed by atoms with Gasteiger partial charge in [-0.3, -0.25) is 4.79 Å². The van der Waals surface area contributed by atoms with Crippen molar-refractivity contribution in [3.05, 3.63) is 47.5 Å². The summed E-state index contributed by atoms with van der Waals surface area (Å²) in [7, 11) is 4.73. The zero-order chi connectivity index (χ0) is 21.1. The number of amides is 1. The highest BCUT2D eigenvalue weighted by molar-refractivity contribution is 5.76. The lowest BCUT2D eigenvalue weighted by Crippen LogP contribution is -2.25. The number of benzene rings is 2. The number of ether oxygens (including phenoxy) is 4. The topological polar surface area (TPSA) is 66.0 Å². The van der Waals surface area contributed by atoms with Crippen LogP contribution in [0.3, 0.4) is 0 Å². The Hall–Kier alpha value is -2.89. The third kappa shape index (κ3) is 6.89. The molecule has 29 heavy (non-hydrogen) atoms. The van der Waals surface area contributed by atoms with Crippen LogP contribution in [0.25, 0.3) is 0 Å². The number of nitrogens with one attached hydrogen (secondary N) is 1. The molecule has 0 atom stereocenters. The molecular weight excluding hydrogens is 370 g/mol. The van der Waals surface area contributed by atoms with Crippen LogP contribution < -0.4 is 24.3 Å².